The molecule has 7 nitrogen and oxygen atoms in total. The van der Waals surface area contributed by atoms with Gasteiger partial charge in [-0.25, -0.2) is 9.36 Å². The van der Waals surface area contributed by atoms with E-state index in [4.69, 9.17) is 0 Å². The zero-order valence-corrected chi connectivity index (χ0v) is 15.3. The van der Waals surface area contributed by atoms with Crippen molar-refractivity contribution in [1.82, 2.24) is 9.55 Å². The average Bonchev–Trinajstić information content (AvgIpc) is 2.59. The molecule has 3 N–H and O–H groups in total. The molecule has 0 bridgehead atoms. The zero-order valence-electron chi connectivity index (χ0n) is 13.7. The summed E-state index contributed by atoms with van der Waals surface area (Å²) in [6, 6.07) is 14.2. The van der Waals surface area contributed by atoms with Gasteiger partial charge in [-0.1, -0.05) is 28.1 Å². The van der Waals surface area contributed by atoms with Crippen molar-refractivity contribution in [3.05, 3.63) is 85.0 Å². The maximum atomic E-state index is 12.1. The van der Waals surface area contributed by atoms with Gasteiger partial charge in [-0.3, -0.25) is 15.2 Å². The van der Waals surface area contributed by atoms with E-state index in [0.29, 0.717) is 11.4 Å². The Bertz CT molecular complexity index is 1080. The fourth-order valence-electron chi connectivity index (χ4n) is 2.36. The van der Waals surface area contributed by atoms with Crippen LogP contribution in [0.4, 0.5) is 5.69 Å². The van der Waals surface area contributed by atoms with Crippen LogP contribution in [0.3, 0.4) is 0 Å². The van der Waals surface area contributed by atoms with Crippen LogP contribution in [0.15, 0.2) is 67.7 Å². The molecule has 0 saturated heterocycles. The summed E-state index contributed by atoms with van der Waals surface area (Å²) in [7, 11) is 0. The van der Waals surface area contributed by atoms with Crippen molar-refractivity contribution < 1.29 is 5.11 Å². The van der Waals surface area contributed by atoms with Crippen LogP contribution in [0.2, 0.25) is 0 Å². The molecule has 0 saturated carbocycles. The molecule has 0 unspecified atom stereocenters. The summed E-state index contributed by atoms with van der Waals surface area (Å²) in [6.45, 7) is 1.86. The molecule has 0 aliphatic rings. The van der Waals surface area contributed by atoms with E-state index in [2.05, 4.69) is 31.4 Å². The van der Waals surface area contributed by atoms with Gasteiger partial charge in [-0.15, -0.1) is 0 Å². The molecule has 8 heteroatoms. The number of anilines is 1. The Hall–Kier alpha value is -3.13. The Kier molecular flexibility index (Phi) is 5.04. The second-order valence-electron chi connectivity index (χ2n) is 5.55. The number of aromatic nitrogens is 2. The molecule has 0 aliphatic carbocycles. The minimum Gasteiger partial charge on any atom is -0.493 e. The lowest BCUT2D eigenvalue weighted by molar-refractivity contribution is 0.430. The van der Waals surface area contributed by atoms with Gasteiger partial charge in [0, 0.05) is 4.47 Å². The summed E-state index contributed by atoms with van der Waals surface area (Å²) in [5.74, 6) is -0.481. The second kappa shape index (κ2) is 7.40. The third kappa shape index (κ3) is 3.75. The standard InChI is InChI=1S/C18H15BrN4O3/c1-11-3-2-4-14(9-11)23-17(25)15(16(24)21-18(23)26)10-20-22-13-7-5-12(19)6-8-13/h2-10,22,25H,1H3,(H,21,24,26)/b20-10+. The highest BCUT2D eigenvalue weighted by atomic mass is 79.9. The molecule has 0 atom stereocenters. The summed E-state index contributed by atoms with van der Waals surface area (Å²) >= 11 is 3.33. The molecule has 0 fully saturated rings. The summed E-state index contributed by atoms with van der Waals surface area (Å²) < 4.78 is 1.95. The lowest BCUT2D eigenvalue weighted by Gasteiger charge is -2.10. The van der Waals surface area contributed by atoms with Gasteiger partial charge in [-0.2, -0.15) is 5.10 Å². The molecule has 132 valence electrons. The third-order valence-electron chi connectivity index (χ3n) is 3.61. The quantitative estimate of drug-likeness (QED) is 0.451. The van der Waals surface area contributed by atoms with Crippen LogP contribution in [0.25, 0.3) is 5.69 Å². The average molecular weight is 415 g/mol. The Morgan fingerprint density at radius 1 is 1.19 bits per heavy atom. The number of halogens is 1. The predicted molar refractivity (Wildman–Crippen MR) is 104 cm³/mol. The SMILES string of the molecule is Cc1cccc(-n2c(O)c(/C=N/Nc3ccc(Br)cc3)c(=O)[nH]c2=O)c1. The number of rotatable bonds is 4. The molecule has 26 heavy (non-hydrogen) atoms. The largest absolute Gasteiger partial charge is 0.493 e. The molecule has 3 aromatic rings. The van der Waals surface area contributed by atoms with Gasteiger partial charge in [-0.05, 0) is 48.9 Å². The minimum atomic E-state index is -0.726. The number of aromatic hydroxyl groups is 1. The van der Waals surface area contributed by atoms with Crippen molar-refractivity contribution in [2.75, 3.05) is 5.43 Å². The Labute approximate surface area is 156 Å². The first-order valence-corrected chi connectivity index (χ1v) is 8.45. The van der Waals surface area contributed by atoms with Crippen LogP contribution >= 0.6 is 15.9 Å². The molecule has 1 aromatic heterocycles. The summed E-state index contributed by atoms with van der Waals surface area (Å²) in [5.41, 5.74) is 3.23. The van der Waals surface area contributed by atoms with Gasteiger partial charge >= 0.3 is 5.69 Å². The normalized spacial score (nSPS) is 11.0. The molecule has 2 aromatic carbocycles. The highest BCUT2D eigenvalue weighted by Gasteiger charge is 2.14. The molecule has 3 rings (SSSR count). The summed E-state index contributed by atoms with van der Waals surface area (Å²) in [4.78, 5) is 26.4. The van der Waals surface area contributed by atoms with Gasteiger partial charge in [0.15, 0.2) is 0 Å². The summed E-state index contributed by atoms with van der Waals surface area (Å²) in [5, 5.41) is 14.4. The number of benzene rings is 2. The van der Waals surface area contributed by atoms with Crippen molar-refractivity contribution in [2.45, 2.75) is 6.92 Å². The van der Waals surface area contributed by atoms with Crippen molar-refractivity contribution in [3.63, 3.8) is 0 Å². The molecular formula is C18H15BrN4O3. The maximum absolute atomic E-state index is 12.1. The Balaban J connectivity index is 1.98. The molecule has 1 heterocycles. The van der Waals surface area contributed by atoms with E-state index in [1.54, 1.807) is 30.3 Å². The van der Waals surface area contributed by atoms with E-state index in [1.165, 1.54) is 6.21 Å². The van der Waals surface area contributed by atoms with E-state index in [-0.39, 0.29) is 5.56 Å². The van der Waals surface area contributed by atoms with E-state index >= 15 is 0 Å². The zero-order chi connectivity index (χ0) is 18.7. The minimum absolute atomic E-state index is 0.129. The maximum Gasteiger partial charge on any atom is 0.335 e. The number of nitrogens with zero attached hydrogens (tertiary/aromatic N) is 2. The van der Waals surface area contributed by atoms with Crippen molar-refractivity contribution in [1.29, 1.82) is 0 Å². The van der Waals surface area contributed by atoms with Crippen molar-refractivity contribution in [2.24, 2.45) is 5.10 Å². The van der Waals surface area contributed by atoms with Gasteiger partial charge in [0.25, 0.3) is 5.56 Å². The predicted octanol–water partition coefficient (Wildman–Crippen LogP) is 2.75. The smallest absolute Gasteiger partial charge is 0.335 e. The van der Waals surface area contributed by atoms with E-state index in [0.717, 1.165) is 14.6 Å². The molecule has 0 amide bonds. The lowest BCUT2D eigenvalue weighted by Crippen LogP contribution is -2.31. The molecule has 0 aliphatic heterocycles. The second-order valence-corrected chi connectivity index (χ2v) is 6.46. The topological polar surface area (TPSA) is 99.5 Å². The first-order valence-electron chi connectivity index (χ1n) is 7.65. The number of H-pyrrole nitrogens is 1. The van der Waals surface area contributed by atoms with Gasteiger partial charge in [0.05, 0.1) is 17.6 Å². The first-order chi connectivity index (χ1) is 12.5. The monoisotopic (exact) mass is 414 g/mol. The van der Waals surface area contributed by atoms with Crippen LogP contribution in [0.1, 0.15) is 11.1 Å². The first kappa shape index (κ1) is 17.7. The van der Waals surface area contributed by atoms with Crippen molar-refractivity contribution >= 4 is 27.8 Å². The van der Waals surface area contributed by atoms with E-state index in [1.807, 2.05) is 25.1 Å². The van der Waals surface area contributed by atoms with Gasteiger partial charge in [0.1, 0.15) is 5.56 Å². The van der Waals surface area contributed by atoms with Crippen LogP contribution in [0.5, 0.6) is 5.88 Å². The van der Waals surface area contributed by atoms with Crippen LogP contribution in [-0.2, 0) is 0 Å². The molecule has 0 radical (unpaired) electrons. The van der Waals surface area contributed by atoms with Gasteiger partial charge < -0.3 is 5.11 Å². The number of nitrogens with one attached hydrogen (secondary N) is 2. The third-order valence-corrected chi connectivity index (χ3v) is 4.14. The van der Waals surface area contributed by atoms with Crippen LogP contribution in [-0.4, -0.2) is 20.9 Å². The van der Waals surface area contributed by atoms with E-state index in [9.17, 15) is 14.7 Å². The van der Waals surface area contributed by atoms with E-state index < -0.39 is 17.1 Å². The molecular weight excluding hydrogens is 400 g/mol. The molecule has 0 spiro atoms. The van der Waals surface area contributed by atoms with Crippen molar-refractivity contribution in [3.8, 4) is 11.6 Å². The number of hydrogen-bond donors (Lipinski definition) is 3. The highest BCUT2D eigenvalue weighted by molar-refractivity contribution is 9.10. The fourth-order valence-corrected chi connectivity index (χ4v) is 2.62. The number of aromatic amines is 1. The lowest BCUT2D eigenvalue weighted by atomic mass is 10.2. The Morgan fingerprint density at radius 2 is 1.92 bits per heavy atom. The number of hydrogen-bond acceptors (Lipinski definition) is 5. The summed E-state index contributed by atoms with van der Waals surface area (Å²) in [6.07, 6.45) is 1.17. The Morgan fingerprint density at radius 3 is 2.62 bits per heavy atom. The van der Waals surface area contributed by atoms with Gasteiger partial charge in [0.2, 0.25) is 5.88 Å². The number of hydrazone groups is 1. The number of aryl methyl sites for hydroxylation is 1. The van der Waals surface area contributed by atoms with Crippen LogP contribution in [0, 0.1) is 6.92 Å². The highest BCUT2D eigenvalue weighted by Crippen LogP contribution is 2.17. The fraction of sp³-hybridized carbons (Fsp3) is 0.0556. The van der Waals surface area contributed by atoms with Crippen LogP contribution < -0.4 is 16.7 Å².